The molecule has 1 amide bonds. The highest BCUT2D eigenvalue weighted by Gasteiger charge is 2.35. The second-order valence-electron chi connectivity index (χ2n) is 7.58. The largest absolute Gasteiger partial charge is 0.418 e. The maximum absolute atomic E-state index is 13.8. The molecule has 0 saturated heterocycles. The average Bonchev–Trinajstić information content (AvgIpc) is 3.21. The van der Waals surface area contributed by atoms with Crippen LogP contribution in [-0.4, -0.2) is 15.5 Å². The number of hydrogen-bond acceptors (Lipinski definition) is 2. The summed E-state index contributed by atoms with van der Waals surface area (Å²) in [5, 5.41) is 2.43. The monoisotopic (exact) mass is 477 g/mol. The highest BCUT2D eigenvalue weighted by Crippen LogP contribution is 2.37. The lowest BCUT2D eigenvalue weighted by atomic mass is 10.1. The van der Waals surface area contributed by atoms with Crippen LogP contribution in [0.25, 0.3) is 16.7 Å². The van der Waals surface area contributed by atoms with E-state index in [0.29, 0.717) is 16.6 Å². The van der Waals surface area contributed by atoms with Gasteiger partial charge in [0.05, 0.1) is 27.8 Å². The van der Waals surface area contributed by atoms with Crippen LogP contribution in [0, 0.1) is 0 Å². The third kappa shape index (κ3) is 5.05. The maximum atomic E-state index is 13.8. The van der Waals surface area contributed by atoms with Gasteiger partial charge in [0.1, 0.15) is 6.33 Å². The van der Waals surface area contributed by atoms with E-state index in [9.17, 15) is 31.1 Å². The zero-order valence-electron chi connectivity index (χ0n) is 17.4. The van der Waals surface area contributed by atoms with Crippen LogP contribution in [0.5, 0.6) is 0 Å². The van der Waals surface area contributed by atoms with Gasteiger partial charge in [-0.1, -0.05) is 24.3 Å². The molecular formula is C24H17F6N3O. The number of nitrogens with one attached hydrogen (secondary N) is 1. The Bertz CT molecular complexity index is 1320. The van der Waals surface area contributed by atoms with Crippen LogP contribution in [0.3, 0.4) is 0 Å². The summed E-state index contributed by atoms with van der Waals surface area (Å²) in [5.74, 6) is -0.561. The molecule has 10 heteroatoms. The predicted octanol–water partition coefficient (Wildman–Crippen LogP) is 6.63. The molecule has 0 aliphatic heterocycles. The topological polar surface area (TPSA) is 46.9 Å². The van der Waals surface area contributed by atoms with Crippen LogP contribution in [0.2, 0.25) is 0 Å². The maximum Gasteiger partial charge on any atom is 0.418 e. The Morgan fingerprint density at radius 2 is 1.59 bits per heavy atom. The van der Waals surface area contributed by atoms with Gasteiger partial charge in [-0.25, -0.2) is 4.98 Å². The standard InChI is InChI=1S/C24H17F6N3O/c25-23(26,27)16-8-5-15(6-9-16)7-12-22(34)32-17-10-11-20(18(13-17)24(28,29)30)33-14-31-19-3-1-2-4-21(19)33/h1-6,8-11,13-14H,7,12H2,(H,32,34). The van der Waals surface area contributed by atoms with Gasteiger partial charge in [0, 0.05) is 12.1 Å². The highest BCUT2D eigenvalue weighted by atomic mass is 19.4. The number of carbonyl (C=O) groups is 1. The van der Waals surface area contributed by atoms with Crippen molar-refractivity contribution in [1.82, 2.24) is 9.55 Å². The molecule has 0 spiro atoms. The van der Waals surface area contributed by atoms with Crippen molar-refractivity contribution in [3.05, 3.63) is 89.7 Å². The lowest BCUT2D eigenvalue weighted by Crippen LogP contribution is -2.15. The summed E-state index contributed by atoms with van der Waals surface area (Å²) in [4.78, 5) is 16.4. The number of carbonyl (C=O) groups excluding carboxylic acids is 1. The fourth-order valence-electron chi connectivity index (χ4n) is 3.54. The van der Waals surface area contributed by atoms with Crippen LogP contribution in [0.4, 0.5) is 32.0 Å². The molecule has 34 heavy (non-hydrogen) atoms. The highest BCUT2D eigenvalue weighted by molar-refractivity contribution is 5.91. The molecule has 4 rings (SSSR count). The number of amides is 1. The molecule has 0 saturated carbocycles. The van der Waals surface area contributed by atoms with Crippen molar-refractivity contribution in [2.75, 3.05) is 5.32 Å². The fraction of sp³-hybridized carbons (Fsp3) is 0.167. The molecule has 0 bridgehead atoms. The molecule has 0 aliphatic carbocycles. The van der Waals surface area contributed by atoms with Crippen molar-refractivity contribution in [3.8, 4) is 5.69 Å². The van der Waals surface area contributed by atoms with Crippen molar-refractivity contribution < 1.29 is 31.1 Å². The SMILES string of the molecule is O=C(CCc1ccc(C(F)(F)F)cc1)Nc1ccc(-n2cnc3ccccc32)c(C(F)(F)F)c1. The van der Waals surface area contributed by atoms with Gasteiger partial charge in [0.25, 0.3) is 0 Å². The molecule has 0 radical (unpaired) electrons. The number of halogens is 6. The lowest BCUT2D eigenvalue weighted by Gasteiger charge is -2.16. The average molecular weight is 477 g/mol. The molecule has 4 aromatic rings. The zero-order valence-corrected chi connectivity index (χ0v) is 17.4. The van der Waals surface area contributed by atoms with Crippen molar-refractivity contribution in [2.45, 2.75) is 25.2 Å². The third-order valence-electron chi connectivity index (χ3n) is 5.22. The molecule has 1 aromatic heterocycles. The first-order valence-corrected chi connectivity index (χ1v) is 10.1. The zero-order chi connectivity index (χ0) is 24.5. The van der Waals surface area contributed by atoms with Crippen molar-refractivity contribution in [2.24, 2.45) is 0 Å². The number of nitrogens with zero attached hydrogens (tertiary/aromatic N) is 2. The van der Waals surface area contributed by atoms with E-state index in [0.717, 1.165) is 18.2 Å². The Balaban J connectivity index is 1.51. The van der Waals surface area contributed by atoms with E-state index >= 15 is 0 Å². The molecule has 3 aromatic carbocycles. The van der Waals surface area contributed by atoms with Crippen LogP contribution in [0.1, 0.15) is 23.1 Å². The van der Waals surface area contributed by atoms with Gasteiger partial charge >= 0.3 is 12.4 Å². The van der Waals surface area contributed by atoms with E-state index in [1.165, 1.54) is 35.2 Å². The van der Waals surface area contributed by atoms with Crippen LogP contribution >= 0.6 is 0 Å². The number of para-hydroxylation sites is 2. The van der Waals surface area contributed by atoms with E-state index in [2.05, 4.69) is 10.3 Å². The molecule has 176 valence electrons. The Morgan fingerprint density at radius 1 is 0.882 bits per heavy atom. The smallest absolute Gasteiger partial charge is 0.326 e. The number of fused-ring (bicyclic) bond motifs is 1. The van der Waals surface area contributed by atoms with Crippen LogP contribution in [-0.2, 0) is 23.6 Å². The fourth-order valence-corrected chi connectivity index (χ4v) is 3.54. The lowest BCUT2D eigenvalue weighted by molar-refractivity contribution is -0.138. The van der Waals surface area contributed by atoms with Crippen molar-refractivity contribution in [3.63, 3.8) is 0 Å². The Labute approximate surface area is 189 Å². The number of benzene rings is 3. The first-order valence-electron chi connectivity index (χ1n) is 10.1. The summed E-state index contributed by atoms with van der Waals surface area (Å²) in [6, 6.07) is 14.6. The number of aromatic nitrogens is 2. The Hall–Kier alpha value is -3.82. The van der Waals surface area contributed by atoms with Crippen molar-refractivity contribution >= 4 is 22.6 Å². The first-order chi connectivity index (χ1) is 16.0. The van der Waals surface area contributed by atoms with Gasteiger partial charge in [-0.15, -0.1) is 0 Å². The minimum Gasteiger partial charge on any atom is -0.326 e. The number of anilines is 1. The molecule has 1 N–H and O–H groups in total. The summed E-state index contributed by atoms with van der Waals surface area (Å²) in [5.41, 5.74) is -0.386. The van der Waals surface area contributed by atoms with Gasteiger partial charge in [0.15, 0.2) is 0 Å². The van der Waals surface area contributed by atoms with Crippen LogP contribution in [0.15, 0.2) is 73.1 Å². The van der Waals surface area contributed by atoms with E-state index in [1.54, 1.807) is 24.3 Å². The molecular weight excluding hydrogens is 460 g/mol. The van der Waals surface area contributed by atoms with Gasteiger partial charge in [-0.3, -0.25) is 9.36 Å². The van der Waals surface area contributed by atoms with E-state index in [-0.39, 0.29) is 24.2 Å². The third-order valence-corrected chi connectivity index (χ3v) is 5.22. The van der Waals surface area contributed by atoms with E-state index < -0.39 is 29.4 Å². The number of aryl methyl sites for hydroxylation is 1. The molecule has 4 nitrogen and oxygen atoms in total. The molecule has 0 aliphatic rings. The Morgan fingerprint density at radius 3 is 2.26 bits per heavy atom. The first kappa shape index (κ1) is 23.3. The minimum absolute atomic E-state index is 0.0436. The van der Waals surface area contributed by atoms with E-state index in [1.807, 2.05) is 0 Å². The summed E-state index contributed by atoms with van der Waals surface area (Å²) in [7, 11) is 0. The normalized spacial score (nSPS) is 12.2. The molecule has 0 fully saturated rings. The second-order valence-corrected chi connectivity index (χ2v) is 7.58. The van der Waals surface area contributed by atoms with Gasteiger partial charge in [-0.2, -0.15) is 26.3 Å². The molecule has 1 heterocycles. The summed E-state index contributed by atoms with van der Waals surface area (Å²) >= 11 is 0. The molecule has 0 unspecified atom stereocenters. The van der Waals surface area contributed by atoms with Crippen molar-refractivity contribution in [1.29, 1.82) is 0 Å². The number of imidazole rings is 1. The Kier molecular flexibility index (Phi) is 6.07. The predicted molar refractivity (Wildman–Crippen MR) is 114 cm³/mol. The molecule has 0 atom stereocenters. The summed E-state index contributed by atoms with van der Waals surface area (Å²) in [6.07, 6.45) is -7.82. The van der Waals surface area contributed by atoms with Crippen LogP contribution < -0.4 is 5.32 Å². The quantitative estimate of drug-likeness (QED) is 0.328. The second kappa shape index (κ2) is 8.85. The van der Waals surface area contributed by atoms with Gasteiger partial charge in [-0.05, 0) is 54.4 Å². The van der Waals surface area contributed by atoms with E-state index in [4.69, 9.17) is 0 Å². The number of rotatable bonds is 5. The number of hydrogen-bond donors (Lipinski definition) is 1. The number of alkyl halides is 6. The summed E-state index contributed by atoms with van der Waals surface area (Å²) < 4.78 is 80.7. The summed E-state index contributed by atoms with van der Waals surface area (Å²) in [6.45, 7) is 0. The minimum atomic E-state index is -4.69. The van der Waals surface area contributed by atoms with Gasteiger partial charge < -0.3 is 5.32 Å². The van der Waals surface area contributed by atoms with Gasteiger partial charge in [0.2, 0.25) is 5.91 Å².